The number of nitro benzene ring substituents is 1. The standard InChI is InChI=1S/C8H9N3O3/c1-9-10-5-6-4-7(12)2-3-8(6)11(13)14/h2-5,9,12H,1H3/b10-5+. The van der Waals surface area contributed by atoms with Gasteiger partial charge in [-0.1, -0.05) is 0 Å². The first kappa shape index (κ1) is 9.97. The molecular formula is C8H9N3O3. The van der Waals surface area contributed by atoms with E-state index >= 15 is 0 Å². The molecule has 0 saturated carbocycles. The highest BCUT2D eigenvalue weighted by Gasteiger charge is 2.11. The lowest BCUT2D eigenvalue weighted by Gasteiger charge is -1.97. The van der Waals surface area contributed by atoms with Crippen LogP contribution in [-0.2, 0) is 0 Å². The molecule has 6 nitrogen and oxygen atoms in total. The molecular weight excluding hydrogens is 186 g/mol. The molecule has 0 atom stereocenters. The van der Waals surface area contributed by atoms with Crippen LogP contribution in [-0.4, -0.2) is 23.3 Å². The van der Waals surface area contributed by atoms with Crippen LogP contribution >= 0.6 is 0 Å². The van der Waals surface area contributed by atoms with Crippen LogP contribution in [0.5, 0.6) is 5.75 Å². The van der Waals surface area contributed by atoms with Gasteiger partial charge in [0.1, 0.15) is 5.75 Å². The van der Waals surface area contributed by atoms with Crippen LogP contribution in [0.1, 0.15) is 5.56 Å². The lowest BCUT2D eigenvalue weighted by Crippen LogP contribution is -1.98. The Labute approximate surface area is 80.0 Å². The highest BCUT2D eigenvalue weighted by Crippen LogP contribution is 2.21. The first-order valence-electron chi connectivity index (χ1n) is 3.82. The van der Waals surface area contributed by atoms with Crippen LogP contribution in [0.25, 0.3) is 0 Å². The van der Waals surface area contributed by atoms with E-state index in [0.717, 1.165) is 0 Å². The number of hydrazone groups is 1. The van der Waals surface area contributed by atoms with Gasteiger partial charge in [0.2, 0.25) is 0 Å². The molecule has 0 saturated heterocycles. The van der Waals surface area contributed by atoms with Crippen molar-refractivity contribution in [1.29, 1.82) is 0 Å². The minimum absolute atomic E-state index is 0.0341. The predicted molar refractivity (Wildman–Crippen MR) is 51.4 cm³/mol. The van der Waals surface area contributed by atoms with Crippen molar-refractivity contribution in [2.45, 2.75) is 0 Å². The number of phenolic OH excluding ortho intramolecular Hbond substituents is 1. The molecule has 14 heavy (non-hydrogen) atoms. The third kappa shape index (κ3) is 2.19. The summed E-state index contributed by atoms with van der Waals surface area (Å²) in [5, 5.41) is 23.3. The van der Waals surface area contributed by atoms with Gasteiger partial charge in [0.15, 0.2) is 0 Å². The van der Waals surface area contributed by atoms with Crippen LogP contribution in [0.15, 0.2) is 23.3 Å². The van der Waals surface area contributed by atoms with E-state index in [1.54, 1.807) is 7.05 Å². The number of hydrogen-bond acceptors (Lipinski definition) is 5. The fourth-order valence-electron chi connectivity index (χ4n) is 0.946. The lowest BCUT2D eigenvalue weighted by atomic mass is 10.2. The summed E-state index contributed by atoms with van der Waals surface area (Å²) < 4.78 is 0. The molecule has 1 rings (SSSR count). The molecule has 0 unspecified atom stereocenters. The minimum atomic E-state index is -0.531. The Balaban J connectivity index is 3.15. The molecule has 74 valence electrons. The Kier molecular flexibility index (Phi) is 3.01. The summed E-state index contributed by atoms with van der Waals surface area (Å²) in [5.41, 5.74) is 2.63. The Hall–Kier alpha value is -2.11. The fraction of sp³-hybridized carbons (Fsp3) is 0.125. The van der Waals surface area contributed by atoms with Gasteiger partial charge in [-0.15, -0.1) is 0 Å². The first-order valence-corrected chi connectivity index (χ1v) is 3.82. The molecule has 0 fully saturated rings. The zero-order valence-electron chi connectivity index (χ0n) is 7.47. The maximum absolute atomic E-state index is 10.5. The van der Waals surface area contributed by atoms with Gasteiger partial charge < -0.3 is 10.5 Å². The molecule has 0 aliphatic heterocycles. The quantitative estimate of drug-likeness (QED) is 0.425. The molecule has 0 aromatic heterocycles. The van der Waals surface area contributed by atoms with Crippen LogP contribution in [0.3, 0.4) is 0 Å². The number of nitrogens with zero attached hydrogens (tertiary/aromatic N) is 2. The zero-order chi connectivity index (χ0) is 10.6. The molecule has 6 heteroatoms. The van der Waals surface area contributed by atoms with E-state index in [0.29, 0.717) is 0 Å². The van der Waals surface area contributed by atoms with Crippen LogP contribution in [0.4, 0.5) is 5.69 Å². The number of aromatic hydroxyl groups is 1. The Morgan fingerprint density at radius 2 is 2.36 bits per heavy atom. The molecule has 0 aliphatic carbocycles. The summed E-state index contributed by atoms with van der Waals surface area (Å²) in [5.74, 6) is -0.0341. The summed E-state index contributed by atoms with van der Waals surface area (Å²) in [6, 6.07) is 3.76. The van der Waals surface area contributed by atoms with Crippen molar-refractivity contribution in [3.8, 4) is 5.75 Å². The van der Waals surface area contributed by atoms with Crippen molar-refractivity contribution >= 4 is 11.9 Å². The summed E-state index contributed by atoms with van der Waals surface area (Å²) in [6.07, 6.45) is 1.28. The monoisotopic (exact) mass is 195 g/mol. The second-order valence-electron chi connectivity index (χ2n) is 2.48. The third-order valence-electron chi connectivity index (χ3n) is 1.54. The number of nitrogens with one attached hydrogen (secondary N) is 1. The number of benzene rings is 1. The molecule has 0 radical (unpaired) electrons. The van der Waals surface area contributed by atoms with Crippen LogP contribution < -0.4 is 5.43 Å². The average Bonchev–Trinajstić information content (AvgIpc) is 2.14. The van der Waals surface area contributed by atoms with Crippen molar-refractivity contribution in [2.75, 3.05) is 7.05 Å². The summed E-state index contributed by atoms with van der Waals surface area (Å²) in [4.78, 5) is 10.0. The van der Waals surface area contributed by atoms with Gasteiger partial charge in [0.25, 0.3) is 5.69 Å². The van der Waals surface area contributed by atoms with E-state index < -0.39 is 4.92 Å². The van der Waals surface area contributed by atoms with Gasteiger partial charge in [-0.3, -0.25) is 10.1 Å². The van der Waals surface area contributed by atoms with E-state index in [9.17, 15) is 10.1 Å². The van der Waals surface area contributed by atoms with E-state index in [4.69, 9.17) is 5.11 Å². The van der Waals surface area contributed by atoms with E-state index in [2.05, 4.69) is 10.5 Å². The molecule has 1 aromatic rings. The largest absolute Gasteiger partial charge is 0.508 e. The van der Waals surface area contributed by atoms with Crippen molar-refractivity contribution in [2.24, 2.45) is 5.10 Å². The number of hydrogen-bond donors (Lipinski definition) is 2. The second-order valence-corrected chi connectivity index (χ2v) is 2.48. The van der Waals surface area contributed by atoms with E-state index in [-0.39, 0.29) is 17.0 Å². The van der Waals surface area contributed by atoms with Crippen molar-refractivity contribution in [1.82, 2.24) is 5.43 Å². The molecule has 0 bridgehead atoms. The Bertz CT molecular complexity index is 376. The van der Waals surface area contributed by atoms with E-state index in [1.807, 2.05) is 0 Å². The van der Waals surface area contributed by atoms with Gasteiger partial charge in [-0.2, -0.15) is 5.10 Å². The number of phenols is 1. The van der Waals surface area contributed by atoms with Crippen molar-refractivity contribution in [3.63, 3.8) is 0 Å². The molecule has 0 spiro atoms. The molecule has 0 aliphatic rings. The summed E-state index contributed by atoms with van der Waals surface area (Å²) in [6.45, 7) is 0. The summed E-state index contributed by atoms with van der Waals surface area (Å²) >= 11 is 0. The minimum Gasteiger partial charge on any atom is -0.508 e. The highest BCUT2D eigenvalue weighted by molar-refractivity contribution is 5.85. The smallest absolute Gasteiger partial charge is 0.278 e. The fourth-order valence-corrected chi connectivity index (χ4v) is 0.946. The SMILES string of the molecule is CN/N=C/c1cc(O)ccc1[N+](=O)[O-]. The Morgan fingerprint density at radius 3 is 2.93 bits per heavy atom. The third-order valence-corrected chi connectivity index (χ3v) is 1.54. The van der Waals surface area contributed by atoms with Gasteiger partial charge in [0.05, 0.1) is 16.7 Å². The Morgan fingerprint density at radius 1 is 1.64 bits per heavy atom. The van der Waals surface area contributed by atoms with Gasteiger partial charge >= 0.3 is 0 Å². The lowest BCUT2D eigenvalue weighted by molar-refractivity contribution is -0.385. The van der Waals surface area contributed by atoms with Gasteiger partial charge in [-0.05, 0) is 12.1 Å². The van der Waals surface area contributed by atoms with Crippen molar-refractivity contribution < 1.29 is 10.0 Å². The van der Waals surface area contributed by atoms with Crippen LogP contribution in [0.2, 0.25) is 0 Å². The van der Waals surface area contributed by atoms with Crippen LogP contribution in [0, 0.1) is 10.1 Å². The first-order chi connectivity index (χ1) is 6.65. The predicted octanol–water partition coefficient (Wildman–Crippen LogP) is 0.854. The second kappa shape index (κ2) is 4.22. The molecule has 1 aromatic carbocycles. The van der Waals surface area contributed by atoms with Gasteiger partial charge in [0, 0.05) is 13.1 Å². The molecule has 2 N–H and O–H groups in total. The molecule has 0 amide bonds. The van der Waals surface area contributed by atoms with E-state index in [1.165, 1.54) is 24.4 Å². The number of nitro groups is 1. The van der Waals surface area contributed by atoms with Crippen molar-refractivity contribution in [3.05, 3.63) is 33.9 Å². The normalized spacial score (nSPS) is 10.4. The zero-order valence-corrected chi connectivity index (χ0v) is 7.47. The average molecular weight is 195 g/mol. The number of rotatable bonds is 3. The maximum atomic E-state index is 10.5. The summed E-state index contributed by atoms with van der Waals surface area (Å²) in [7, 11) is 1.57. The highest BCUT2D eigenvalue weighted by atomic mass is 16.6. The topological polar surface area (TPSA) is 87.8 Å². The maximum Gasteiger partial charge on any atom is 0.278 e. The van der Waals surface area contributed by atoms with Gasteiger partial charge in [-0.25, -0.2) is 0 Å². The molecule has 0 heterocycles.